The first-order valence-electron chi connectivity index (χ1n) is 8.24. The van der Waals surface area contributed by atoms with Gasteiger partial charge in [-0.1, -0.05) is 47.1 Å². The highest BCUT2D eigenvalue weighted by Crippen LogP contribution is 2.26. The van der Waals surface area contributed by atoms with Crippen molar-refractivity contribution in [2.24, 2.45) is 5.16 Å². The summed E-state index contributed by atoms with van der Waals surface area (Å²) in [6.45, 7) is 0. The Morgan fingerprint density at radius 2 is 1.62 bits per heavy atom. The zero-order chi connectivity index (χ0) is 17.9. The second-order valence-corrected chi connectivity index (χ2v) is 6.29. The SMILES string of the molecule is COc1ccc(N2B(c3ccccc3)ON=C2c2ccc(Cl)cc2)cc1. The number of halogens is 1. The van der Waals surface area contributed by atoms with Crippen LogP contribution in [0.4, 0.5) is 5.69 Å². The third-order valence-corrected chi connectivity index (χ3v) is 4.49. The molecule has 3 aromatic carbocycles. The molecule has 128 valence electrons. The van der Waals surface area contributed by atoms with Crippen LogP contribution in [0.3, 0.4) is 0 Å². The van der Waals surface area contributed by atoms with Gasteiger partial charge in [-0.25, -0.2) is 0 Å². The summed E-state index contributed by atoms with van der Waals surface area (Å²) >= 11 is 6.03. The van der Waals surface area contributed by atoms with Crippen LogP contribution in [0, 0.1) is 0 Å². The summed E-state index contributed by atoms with van der Waals surface area (Å²) in [6.07, 6.45) is 0. The third-order valence-electron chi connectivity index (χ3n) is 4.24. The van der Waals surface area contributed by atoms with E-state index < -0.39 is 0 Å². The maximum absolute atomic E-state index is 6.03. The predicted octanol–water partition coefficient (Wildman–Crippen LogP) is 3.94. The van der Waals surface area contributed by atoms with E-state index in [1.807, 2.05) is 78.9 Å². The lowest BCUT2D eigenvalue weighted by molar-refractivity contribution is 0.367. The Morgan fingerprint density at radius 1 is 0.923 bits per heavy atom. The first kappa shape index (κ1) is 16.5. The molecule has 0 aromatic heterocycles. The standard InChI is InChI=1S/C20H16BClN2O2/c1-25-19-13-11-18(12-14-19)24-20(15-7-9-17(22)10-8-15)23-26-21(24)16-5-3-2-4-6-16/h2-14H,1H3. The summed E-state index contributed by atoms with van der Waals surface area (Å²) in [7, 11) is 1.32. The average Bonchev–Trinajstić information content (AvgIpc) is 3.14. The zero-order valence-electron chi connectivity index (χ0n) is 14.2. The van der Waals surface area contributed by atoms with Crippen molar-refractivity contribution >= 4 is 35.6 Å². The van der Waals surface area contributed by atoms with E-state index >= 15 is 0 Å². The Balaban J connectivity index is 1.76. The van der Waals surface area contributed by atoms with Gasteiger partial charge in [0.25, 0.3) is 0 Å². The Hall–Kier alpha value is -2.92. The first-order chi connectivity index (χ1) is 12.8. The van der Waals surface area contributed by atoms with E-state index in [0.717, 1.165) is 28.3 Å². The maximum Gasteiger partial charge on any atom is 0.550 e. The van der Waals surface area contributed by atoms with E-state index in [1.165, 1.54) is 0 Å². The normalized spacial score (nSPS) is 13.4. The number of nitrogens with zero attached hydrogens (tertiary/aromatic N) is 2. The van der Waals surface area contributed by atoms with Crippen LogP contribution in [0.5, 0.6) is 5.75 Å². The summed E-state index contributed by atoms with van der Waals surface area (Å²) in [5, 5.41) is 5.05. The third kappa shape index (κ3) is 3.14. The highest BCUT2D eigenvalue weighted by atomic mass is 35.5. The molecule has 0 amide bonds. The summed E-state index contributed by atoms with van der Waals surface area (Å²) in [6, 6.07) is 25.4. The molecule has 1 aliphatic heterocycles. The van der Waals surface area contributed by atoms with E-state index in [9.17, 15) is 0 Å². The van der Waals surface area contributed by atoms with Gasteiger partial charge in [0.1, 0.15) is 5.75 Å². The van der Waals surface area contributed by atoms with Crippen LogP contribution < -0.4 is 15.0 Å². The van der Waals surface area contributed by atoms with Gasteiger partial charge in [0.2, 0.25) is 0 Å². The molecule has 0 saturated heterocycles. The van der Waals surface area contributed by atoms with E-state index in [4.69, 9.17) is 21.1 Å². The highest BCUT2D eigenvalue weighted by molar-refractivity contribution is 6.76. The monoisotopic (exact) mass is 362 g/mol. The Labute approximate surface area is 157 Å². The number of methoxy groups -OCH3 is 1. The molecule has 0 radical (unpaired) electrons. The fraction of sp³-hybridized carbons (Fsp3) is 0.0500. The molecule has 0 fully saturated rings. The van der Waals surface area contributed by atoms with Crippen molar-refractivity contribution in [1.29, 1.82) is 0 Å². The van der Waals surface area contributed by atoms with Crippen LogP contribution in [0.25, 0.3) is 0 Å². The van der Waals surface area contributed by atoms with Crippen molar-refractivity contribution in [3.8, 4) is 5.75 Å². The van der Waals surface area contributed by atoms with E-state index in [0.29, 0.717) is 5.02 Å². The van der Waals surface area contributed by atoms with Gasteiger partial charge in [-0.2, -0.15) is 0 Å². The lowest BCUT2D eigenvalue weighted by Crippen LogP contribution is -2.49. The van der Waals surface area contributed by atoms with Crippen LogP contribution >= 0.6 is 11.6 Å². The molecule has 6 heteroatoms. The smallest absolute Gasteiger partial charge is 0.497 e. The average molecular weight is 363 g/mol. The van der Waals surface area contributed by atoms with Gasteiger partial charge in [-0.3, -0.25) is 0 Å². The molecule has 4 nitrogen and oxygen atoms in total. The number of hydrogen-bond donors (Lipinski definition) is 0. The topological polar surface area (TPSA) is 34.1 Å². The van der Waals surface area contributed by atoms with Crippen molar-refractivity contribution in [3.05, 3.63) is 89.4 Å². The van der Waals surface area contributed by atoms with Gasteiger partial charge in [0.05, 0.1) is 7.11 Å². The number of benzene rings is 3. The van der Waals surface area contributed by atoms with Crippen LogP contribution in [0.2, 0.25) is 5.02 Å². The Kier molecular flexibility index (Phi) is 4.54. The first-order valence-corrected chi connectivity index (χ1v) is 8.62. The van der Waals surface area contributed by atoms with Crippen LogP contribution in [0.15, 0.2) is 84.0 Å². The maximum atomic E-state index is 6.03. The molecular formula is C20H16BClN2O2. The molecule has 0 aliphatic carbocycles. The number of ether oxygens (including phenoxy) is 1. The molecule has 0 spiro atoms. The molecule has 4 rings (SSSR count). The fourth-order valence-electron chi connectivity index (χ4n) is 2.92. The van der Waals surface area contributed by atoms with Gasteiger partial charge < -0.3 is 14.3 Å². The zero-order valence-corrected chi connectivity index (χ0v) is 14.9. The van der Waals surface area contributed by atoms with Crippen molar-refractivity contribution in [1.82, 2.24) is 0 Å². The molecule has 26 heavy (non-hydrogen) atoms. The molecular weight excluding hydrogens is 346 g/mol. The lowest BCUT2D eigenvalue weighted by Gasteiger charge is -2.23. The minimum absolute atomic E-state index is 0.338. The van der Waals surface area contributed by atoms with Crippen molar-refractivity contribution < 1.29 is 9.49 Å². The Bertz CT molecular complexity index is 915. The molecule has 0 N–H and O–H groups in total. The summed E-state index contributed by atoms with van der Waals surface area (Å²) < 4.78 is 11.1. The van der Waals surface area contributed by atoms with Gasteiger partial charge in [-0.15, -0.1) is 0 Å². The second-order valence-electron chi connectivity index (χ2n) is 5.86. The minimum atomic E-state index is -0.338. The number of hydrogen-bond acceptors (Lipinski definition) is 4. The van der Waals surface area contributed by atoms with Gasteiger partial charge in [0.15, 0.2) is 5.84 Å². The lowest BCUT2D eigenvalue weighted by atomic mass is 9.71. The summed E-state index contributed by atoms with van der Waals surface area (Å²) in [5.41, 5.74) is 2.92. The van der Waals surface area contributed by atoms with Crippen molar-refractivity contribution in [2.75, 3.05) is 11.9 Å². The fourth-order valence-corrected chi connectivity index (χ4v) is 3.05. The molecule has 1 heterocycles. The van der Waals surface area contributed by atoms with Crippen molar-refractivity contribution in [3.63, 3.8) is 0 Å². The van der Waals surface area contributed by atoms with Crippen molar-refractivity contribution in [2.45, 2.75) is 0 Å². The quantitative estimate of drug-likeness (QED) is 0.659. The van der Waals surface area contributed by atoms with Gasteiger partial charge in [0, 0.05) is 16.3 Å². The molecule has 3 aromatic rings. The number of rotatable bonds is 4. The van der Waals surface area contributed by atoms with Crippen LogP contribution in [-0.4, -0.2) is 20.0 Å². The number of oxime groups is 1. The largest absolute Gasteiger partial charge is 0.550 e. The Morgan fingerprint density at radius 3 is 2.27 bits per heavy atom. The predicted molar refractivity (Wildman–Crippen MR) is 106 cm³/mol. The van der Waals surface area contributed by atoms with Gasteiger partial charge in [-0.05, 0) is 54.0 Å². The highest BCUT2D eigenvalue weighted by Gasteiger charge is 2.39. The van der Waals surface area contributed by atoms with E-state index in [-0.39, 0.29) is 7.05 Å². The minimum Gasteiger partial charge on any atom is -0.497 e. The summed E-state index contributed by atoms with van der Waals surface area (Å²) in [4.78, 5) is 2.07. The molecule has 0 saturated carbocycles. The van der Waals surface area contributed by atoms with Gasteiger partial charge >= 0.3 is 7.05 Å². The molecule has 0 unspecified atom stereocenters. The van der Waals surface area contributed by atoms with Crippen LogP contribution in [0.1, 0.15) is 5.56 Å². The second kappa shape index (κ2) is 7.14. The summed E-state index contributed by atoms with van der Waals surface area (Å²) in [5.74, 6) is 1.54. The van der Waals surface area contributed by atoms with E-state index in [2.05, 4.69) is 9.97 Å². The molecule has 0 atom stereocenters. The van der Waals surface area contributed by atoms with Crippen LogP contribution in [-0.2, 0) is 4.76 Å². The molecule has 1 aliphatic rings. The van der Waals surface area contributed by atoms with E-state index in [1.54, 1.807) is 7.11 Å². The molecule has 0 bridgehead atoms. The number of amidine groups is 1. The number of anilines is 1.